The van der Waals surface area contributed by atoms with Crippen molar-refractivity contribution in [2.24, 2.45) is 5.92 Å². The fourth-order valence-corrected chi connectivity index (χ4v) is 9.14. The van der Waals surface area contributed by atoms with Gasteiger partial charge in [-0.3, -0.25) is 4.90 Å². The van der Waals surface area contributed by atoms with Crippen molar-refractivity contribution in [3.05, 3.63) is 52.0 Å². The summed E-state index contributed by atoms with van der Waals surface area (Å²) in [5, 5.41) is 24.9. The predicted octanol–water partition coefficient (Wildman–Crippen LogP) is 4.14. The van der Waals surface area contributed by atoms with Gasteiger partial charge in [-0.25, -0.2) is 4.39 Å². The van der Waals surface area contributed by atoms with E-state index in [1.807, 2.05) is 6.07 Å². The van der Waals surface area contributed by atoms with Gasteiger partial charge in [0.15, 0.2) is 29.2 Å². The van der Waals surface area contributed by atoms with E-state index in [1.165, 1.54) is 25.5 Å². The Labute approximate surface area is 214 Å². The molecular weight excluding hydrogens is 471 g/mol. The summed E-state index contributed by atoms with van der Waals surface area (Å²) in [6.45, 7) is 2.77. The average Bonchev–Trinajstić information content (AvgIpc) is 3.55. The Morgan fingerprint density at radius 3 is 2.89 bits per heavy atom. The number of piperidine rings is 1. The molecule has 2 N–H and O–H groups in total. The fraction of sp³-hybridized carbons (Fsp3) is 0.533. The molecule has 1 spiro atoms. The number of aromatic hydroxyl groups is 1. The third kappa shape index (κ3) is 2.28. The molecule has 2 aromatic carbocycles. The molecule has 4 heterocycles. The van der Waals surface area contributed by atoms with Gasteiger partial charge < -0.3 is 24.3 Å². The number of hydrogen-bond acceptors (Lipinski definition) is 5. The molecule has 2 bridgehead atoms. The van der Waals surface area contributed by atoms with Gasteiger partial charge in [0, 0.05) is 42.1 Å². The second-order valence-corrected chi connectivity index (χ2v) is 12.3. The molecule has 6 nitrogen and oxygen atoms in total. The summed E-state index contributed by atoms with van der Waals surface area (Å²) in [5.41, 5.74) is 4.55. The minimum absolute atomic E-state index is 0.0322. The number of aryl methyl sites for hydroxylation is 2. The smallest absolute Gasteiger partial charge is 0.166 e. The van der Waals surface area contributed by atoms with Crippen molar-refractivity contribution in [1.82, 2.24) is 9.47 Å². The molecule has 37 heavy (non-hydrogen) atoms. The van der Waals surface area contributed by atoms with Crippen LogP contribution in [0.1, 0.15) is 59.7 Å². The van der Waals surface area contributed by atoms with Crippen molar-refractivity contribution in [1.29, 1.82) is 0 Å². The van der Waals surface area contributed by atoms with Crippen LogP contribution in [0.2, 0.25) is 0 Å². The lowest BCUT2D eigenvalue weighted by atomic mass is 9.49. The van der Waals surface area contributed by atoms with Gasteiger partial charge in [0.05, 0.1) is 29.3 Å². The van der Waals surface area contributed by atoms with Gasteiger partial charge >= 0.3 is 0 Å². The van der Waals surface area contributed by atoms with Crippen molar-refractivity contribution in [2.75, 3.05) is 20.2 Å². The largest absolute Gasteiger partial charge is 0.504 e. The Bertz CT molecular complexity index is 1540. The molecule has 192 valence electrons. The summed E-state index contributed by atoms with van der Waals surface area (Å²) < 4.78 is 30.0. The van der Waals surface area contributed by atoms with E-state index in [0.717, 1.165) is 84.5 Å². The van der Waals surface area contributed by atoms with Crippen LogP contribution in [0.25, 0.3) is 10.9 Å². The third-order valence-corrected chi connectivity index (χ3v) is 10.7. The van der Waals surface area contributed by atoms with Gasteiger partial charge in [-0.2, -0.15) is 0 Å². The van der Waals surface area contributed by atoms with Gasteiger partial charge in [0.2, 0.25) is 0 Å². The van der Waals surface area contributed by atoms with E-state index < -0.39 is 17.1 Å². The van der Waals surface area contributed by atoms with Gasteiger partial charge in [0.1, 0.15) is 0 Å². The van der Waals surface area contributed by atoms with Crippen LogP contribution >= 0.6 is 0 Å². The number of fused-ring (bicyclic) bond motifs is 4. The first-order valence-corrected chi connectivity index (χ1v) is 13.8. The summed E-state index contributed by atoms with van der Waals surface area (Å²) in [4.78, 5) is 2.53. The maximum atomic E-state index is 15.4. The third-order valence-electron chi connectivity index (χ3n) is 10.7. The highest BCUT2D eigenvalue weighted by Gasteiger charge is 2.73. The number of aliphatic hydroxyl groups is 1. The van der Waals surface area contributed by atoms with Crippen molar-refractivity contribution < 1.29 is 24.1 Å². The van der Waals surface area contributed by atoms with Crippen molar-refractivity contribution >= 4 is 10.9 Å². The first-order chi connectivity index (χ1) is 18.0. The van der Waals surface area contributed by atoms with Gasteiger partial charge in [0.25, 0.3) is 0 Å². The number of nitrogens with zero attached hydrogens (tertiary/aromatic N) is 2. The van der Waals surface area contributed by atoms with E-state index >= 15 is 4.39 Å². The standard InChI is InChI=1S/C30H31FN2O4/c1-36-26-17-3-2-9-33-24(17)18(12-20(26)31)19-13-30(35)22-11-16-6-7-21(34)27-23(16)29(30,28(37-27)25(19)33)8-10-32(22)14-15-4-5-15/h6-7,12,15,22,28,34-35H,2-5,8-11,13-14H2,1H3/t22-,28+,29-,30+/m0/s1. The highest BCUT2D eigenvalue weighted by atomic mass is 19.1. The highest BCUT2D eigenvalue weighted by molar-refractivity contribution is 5.92. The molecular formula is C30H31FN2O4. The lowest BCUT2D eigenvalue weighted by molar-refractivity contribution is -0.173. The molecule has 3 aliphatic carbocycles. The lowest BCUT2D eigenvalue weighted by Gasteiger charge is -2.63. The molecule has 0 unspecified atom stereocenters. The van der Waals surface area contributed by atoms with E-state index in [4.69, 9.17) is 9.47 Å². The molecule has 3 aliphatic heterocycles. The van der Waals surface area contributed by atoms with Crippen LogP contribution in [-0.4, -0.2) is 51.5 Å². The number of ether oxygens (including phenoxy) is 2. The summed E-state index contributed by atoms with van der Waals surface area (Å²) in [6, 6.07) is 5.38. The molecule has 1 aromatic heterocycles. The molecule has 0 amide bonds. The monoisotopic (exact) mass is 502 g/mol. The molecule has 9 rings (SSSR count). The van der Waals surface area contributed by atoms with Crippen LogP contribution in [0, 0.1) is 11.7 Å². The van der Waals surface area contributed by atoms with Crippen LogP contribution in [0.15, 0.2) is 18.2 Å². The number of rotatable bonds is 3. The number of phenolic OH excluding ortho intramolecular Hbond substituents is 1. The maximum Gasteiger partial charge on any atom is 0.166 e. The zero-order valence-corrected chi connectivity index (χ0v) is 21.0. The lowest BCUT2D eigenvalue weighted by Crippen LogP contribution is -2.74. The molecule has 1 saturated carbocycles. The van der Waals surface area contributed by atoms with Gasteiger partial charge in [-0.05, 0) is 74.2 Å². The molecule has 3 aromatic rings. The maximum absolute atomic E-state index is 15.4. The van der Waals surface area contributed by atoms with E-state index in [2.05, 4.69) is 9.47 Å². The SMILES string of the molecule is COc1c(F)cc2c3c(n4c2c1CCC4)[C@H]1Oc2c(O)ccc4c2[C@@]12CCN(CC1CC1)[C@@H](C4)[C@]2(O)C3. The average molecular weight is 503 g/mol. The van der Waals surface area contributed by atoms with Crippen LogP contribution in [0.3, 0.4) is 0 Å². The van der Waals surface area contributed by atoms with E-state index in [-0.39, 0.29) is 17.6 Å². The first-order valence-electron chi connectivity index (χ1n) is 13.8. The quantitative estimate of drug-likeness (QED) is 0.564. The highest BCUT2D eigenvalue weighted by Crippen LogP contribution is 2.69. The van der Waals surface area contributed by atoms with Crippen LogP contribution in [-0.2, 0) is 31.2 Å². The predicted molar refractivity (Wildman–Crippen MR) is 135 cm³/mol. The second-order valence-electron chi connectivity index (χ2n) is 12.3. The Balaban J connectivity index is 1.36. The van der Waals surface area contributed by atoms with Gasteiger partial charge in [-0.1, -0.05) is 6.07 Å². The Kier molecular flexibility index (Phi) is 3.79. The van der Waals surface area contributed by atoms with Crippen molar-refractivity contribution in [3.63, 3.8) is 0 Å². The van der Waals surface area contributed by atoms with Gasteiger partial charge in [-0.15, -0.1) is 0 Å². The molecule has 4 atom stereocenters. The second kappa shape index (κ2) is 6.62. The Morgan fingerprint density at radius 2 is 2.08 bits per heavy atom. The number of likely N-dealkylation sites (tertiary alicyclic amines) is 1. The summed E-state index contributed by atoms with van der Waals surface area (Å²) in [7, 11) is 1.54. The molecule has 7 heteroatoms. The number of methoxy groups -OCH3 is 1. The van der Waals surface area contributed by atoms with Crippen molar-refractivity contribution in [2.45, 2.75) is 74.7 Å². The summed E-state index contributed by atoms with van der Waals surface area (Å²) >= 11 is 0. The first kappa shape index (κ1) is 21.2. The number of aromatic nitrogens is 1. The minimum atomic E-state index is -1.06. The minimum Gasteiger partial charge on any atom is -0.504 e. The van der Waals surface area contributed by atoms with E-state index in [1.54, 1.807) is 12.1 Å². The topological polar surface area (TPSA) is 67.1 Å². The number of phenols is 1. The number of halogens is 1. The van der Waals surface area contributed by atoms with Crippen molar-refractivity contribution in [3.8, 4) is 17.2 Å². The van der Waals surface area contributed by atoms with Crippen LogP contribution < -0.4 is 9.47 Å². The summed E-state index contributed by atoms with van der Waals surface area (Å²) in [6.07, 6.45) is 5.79. The number of benzene rings is 2. The zero-order valence-electron chi connectivity index (χ0n) is 21.0. The van der Waals surface area contributed by atoms with Crippen LogP contribution in [0.5, 0.6) is 17.2 Å². The molecule has 6 aliphatic rings. The van der Waals surface area contributed by atoms with E-state index in [0.29, 0.717) is 17.9 Å². The Morgan fingerprint density at radius 1 is 1.22 bits per heavy atom. The Hall–Kier alpha value is -2.77. The fourth-order valence-electron chi connectivity index (χ4n) is 9.14. The zero-order chi connectivity index (χ0) is 24.8. The summed E-state index contributed by atoms with van der Waals surface area (Å²) in [5.74, 6) is 1.41. The molecule has 1 saturated heterocycles. The normalized spacial score (nSPS) is 32.7. The number of hydrogen-bond donors (Lipinski definition) is 2. The molecule has 2 fully saturated rings. The van der Waals surface area contributed by atoms with Crippen LogP contribution in [0.4, 0.5) is 4.39 Å². The van der Waals surface area contributed by atoms with E-state index in [9.17, 15) is 10.2 Å². The molecule has 0 radical (unpaired) electrons.